The molecular weight excluding hydrogens is 237 g/mol. The number of hydrogen-bond acceptors (Lipinski definition) is 2. The average Bonchev–Trinajstić information content (AvgIpc) is 2.19. The van der Waals surface area contributed by atoms with Gasteiger partial charge in [-0.25, -0.2) is 0 Å². The number of carbonyl (C=O) groups excluding carboxylic acids is 2. The van der Waals surface area contributed by atoms with Crippen molar-refractivity contribution >= 4 is 34.5 Å². The number of imide groups is 1. The van der Waals surface area contributed by atoms with E-state index in [0.717, 1.165) is 4.90 Å². The van der Waals surface area contributed by atoms with Crippen LogP contribution in [0.2, 0.25) is 5.02 Å². The Hall–Kier alpha value is -1.06. The van der Waals surface area contributed by atoms with Gasteiger partial charge in [-0.1, -0.05) is 11.6 Å². The predicted octanol–water partition coefficient (Wildman–Crippen LogP) is 3.16. The summed E-state index contributed by atoms with van der Waals surface area (Å²) in [5.74, 6) is -0.422. The molecular formula is C10H9Cl2NO2. The lowest BCUT2D eigenvalue weighted by atomic mass is 10.2. The van der Waals surface area contributed by atoms with Gasteiger partial charge in [-0.05, 0) is 42.8 Å². The van der Waals surface area contributed by atoms with Crippen molar-refractivity contribution in [3.63, 3.8) is 0 Å². The molecule has 0 saturated heterocycles. The molecule has 0 radical (unpaired) electrons. The van der Waals surface area contributed by atoms with Gasteiger partial charge in [0, 0.05) is 17.1 Å². The Kier molecular flexibility index (Phi) is 4.12. The minimum atomic E-state index is -0.780. The highest BCUT2D eigenvalue weighted by atomic mass is 35.5. The van der Waals surface area contributed by atoms with Crippen LogP contribution in [0.4, 0.5) is 4.79 Å². The number of nitrogens with zero attached hydrogens (tertiary/aromatic N) is 1. The first-order valence-corrected chi connectivity index (χ1v) is 5.08. The van der Waals surface area contributed by atoms with E-state index in [9.17, 15) is 9.59 Å². The molecule has 0 atom stereocenters. The molecule has 3 nitrogen and oxygen atoms in total. The van der Waals surface area contributed by atoms with Crippen LogP contribution >= 0.6 is 23.2 Å². The van der Waals surface area contributed by atoms with Crippen molar-refractivity contribution in [2.45, 2.75) is 6.92 Å². The zero-order valence-electron chi connectivity index (χ0n) is 8.04. The van der Waals surface area contributed by atoms with Gasteiger partial charge in [0.2, 0.25) is 0 Å². The Balaban J connectivity index is 2.93. The van der Waals surface area contributed by atoms with Crippen molar-refractivity contribution in [2.75, 3.05) is 6.54 Å². The number of hydrogen-bond donors (Lipinski definition) is 0. The maximum atomic E-state index is 11.7. The minimum Gasteiger partial charge on any atom is -0.269 e. The topological polar surface area (TPSA) is 37.4 Å². The monoisotopic (exact) mass is 245 g/mol. The summed E-state index contributed by atoms with van der Waals surface area (Å²) in [4.78, 5) is 23.6. The second-order valence-electron chi connectivity index (χ2n) is 2.81. The van der Waals surface area contributed by atoms with Gasteiger partial charge in [0.05, 0.1) is 0 Å². The van der Waals surface area contributed by atoms with E-state index in [2.05, 4.69) is 0 Å². The molecule has 0 N–H and O–H groups in total. The first kappa shape index (κ1) is 12.0. The second kappa shape index (κ2) is 5.14. The molecule has 1 aromatic rings. The zero-order chi connectivity index (χ0) is 11.4. The van der Waals surface area contributed by atoms with Crippen LogP contribution < -0.4 is 0 Å². The predicted molar refractivity (Wildman–Crippen MR) is 59.4 cm³/mol. The lowest BCUT2D eigenvalue weighted by Crippen LogP contribution is -2.32. The largest absolute Gasteiger partial charge is 0.323 e. The normalized spacial score (nSPS) is 9.80. The second-order valence-corrected chi connectivity index (χ2v) is 3.57. The Labute approximate surface area is 97.6 Å². The molecule has 2 amide bonds. The van der Waals surface area contributed by atoms with E-state index < -0.39 is 11.3 Å². The molecule has 15 heavy (non-hydrogen) atoms. The van der Waals surface area contributed by atoms with Crippen molar-refractivity contribution in [2.24, 2.45) is 0 Å². The maximum Gasteiger partial charge on any atom is 0.323 e. The van der Waals surface area contributed by atoms with Gasteiger partial charge < -0.3 is 0 Å². The Morgan fingerprint density at radius 1 is 1.27 bits per heavy atom. The van der Waals surface area contributed by atoms with Crippen molar-refractivity contribution in [3.05, 3.63) is 34.9 Å². The van der Waals surface area contributed by atoms with Gasteiger partial charge >= 0.3 is 5.37 Å². The highest BCUT2D eigenvalue weighted by Gasteiger charge is 2.18. The number of benzene rings is 1. The molecule has 0 aromatic heterocycles. The summed E-state index contributed by atoms with van der Waals surface area (Å²) >= 11 is 10.9. The fraction of sp³-hybridized carbons (Fsp3) is 0.200. The molecule has 0 aliphatic heterocycles. The summed E-state index contributed by atoms with van der Waals surface area (Å²) in [7, 11) is 0. The van der Waals surface area contributed by atoms with Crippen LogP contribution in [-0.2, 0) is 0 Å². The molecule has 0 bridgehead atoms. The fourth-order valence-corrected chi connectivity index (χ4v) is 1.42. The maximum absolute atomic E-state index is 11.7. The summed E-state index contributed by atoms with van der Waals surface area (Å²) in [5, 5.41) is -0.246. The SMILES string of the molecule is CCN(C(=O)Cl)C(=O)c1ccc(Cl)cc1. The van der Waals surface area contributed by atoms with Gasteiger partial charge in [0.25, 0.3) is 5.91 Å². The van der Waals surface area contributed by atoms with E-state index in [4.69, 9.17) is 23.2 Å². The summed E-state index contributed by atoms with van der Waals surface area (Å²) in [6.07, 6.45) is 0. The van der Waals surface area contributed by atoms with Gasteiger partial charge in [0.15, 0.2) is 0 Å². The molecule has 0 aliphatic rings. The zero-order valence-corrected chi connectivity index (χ0v) is 9.55. The van der Waals surface area contributed by atoms with Crippen molar-refractivity contribution < 1.29 is 9.59 Å². The van der Waals surface area contributed by atoms with E-state index in [1.807, 2.05) is 0 Å². The number of carbonyl (C=O) groups is 2. The summed E-state index contributed by atoms with van der Waals surface area (Å²) < 4.78 is 0. The van der Waals surface area contributed by atoms with E-state index in [-0.39, 0.29) is 6.54 Å². The lowest BCUT2D eigenvalue weighted by molar-refractivity contribution is 0.0826. The standard InChI is InChI=1S/C10H9Cl2NO2/c1-2-13(10(12)15)9(14)7-3-5-8(11)6-4-7/h3-6H,2H2,1H3. The van der Waals surface area contributed by atoms with Crippen molar-refractivity contribution in [3.8, 4) is 0 Å². The smallest absolute Gasteiger partial charge is 0.269 e. The molecule has 0 saturated carbocycles. The van der Waals surface area contributed by atoms with Gasteiger partial charge in [-0.2, -0.15) is 0 Å². The van der Waals surface area contributed by atoms with E-state index in [1.165, 1.54) is 0 Å². The third-order valence-corrected chi connectivity index (χ3v) is 2.32. The van der Waals surface area contributed by atoms with E-state index in [1.54, 1.807) is 31.2 Å². The van der Waals surface area contributed by atoms with Gasteiger partial charge in [-0.3, -0.25) is 14.5 Å². The van der Waals surface area contributed by atoms with Crippen molar-refractivity contribution in [1.29, 1.82) is 0 Å². The number of halogens is 2. The van der Waals surface area contributed by atoms with E-state index >= 15 is 0 Å². The van der Waals surface area contributed by atoms with E-state index in [0.29, 0.717) is 10.6 Å². The Morgan fingerprint density at radius 2 is 1.80 bits per heavy atom. The molecule has 1 rings (SSSR count). The van der Waals surface area contributed by atoms with Crippen LogP contribution in [0, 0.1) is 0 Å². The molecule has 0 aliphatic carbocycles. The van der Waals surface area contributed by atoms with Crippen LogP contribution in [0.5, 0.6) is 0 Å². The highest BCUT2D eigenvalue weighted by molar-refractivity contribution is 6.64. The third kappa shape index (κ3) is 2.94. The lowest BCUT2D eigenvalue weighted by Gasteiger charge is -2.14. The molecule has 0 unspecified atom stereocenters. The van der Waals surface area contributed by atoms with Crippen LogP contribution in [0.25, 0.3) is 0 Å². The van der Waals surface area contributed by atoms with Gasteiger partial charge in [0.1, 0.15) is 0 Å². The number of amides is 2. The van der Waals surface area contributed by atoms with Crippen LogP contribution in [0.1, 0.15) is 17.3 Å². The highest BCUT2D eigenvalue weighted by Crippen LogP contribution is 2.12. The molecule has 80 valence electrons. The Morgan fingerprint density at radius 3 is 2.20 bits per heavy atom. The Bertz CT molecular complexity index is 376. The van der Waals surface area contributed by atoms with Crippen LogP contribution in [-0.4, -0.2) is 22.7 Å². The number of rotatable bonds is 2. The first-order valence-electron chi connectivity index (χ1n) is 4.33. The van der Waals surface area contributed by atoms with Crippen LogP contribution in [0.15, 0.2) is 24.3 Å². The minimum absolute atomic E-state index is 0.240. The first-order chi connectivity index (χ1) is 7.06. The molecule has 0 heterocycles. The average molecular weight is 246 g/mol. The van der Waals surface area contributed by atoms with Gasteiger partial charge in [-0.15, -0.1) is 0 Å². The molecule has 0 spiro atoms. The van der Waals surface area contributed by atoms with Crippen molar-refractivity contribution in [1.82, 2.24) is 4.90 Å². The molecule has 1 aromatic carbocycles. The summed E-state index contributed by atoms with van der Waals surface area (Å²) in [5.41, 5.74) is 0.384. The summed E-state index contributed by atoms with van der Waals surface area (Å²) in [6.45, 7) is 1.91. The fourth-order valence-electron chi connectivity index (χ4n) is 1.10. The molecule has 0 fully saturated rings. The third-order valence-electron chi connectivity index (χ3n) is 1.86. The van der Waals surface area contributed by atoms with Crippen LogP contribution in [0.3, 0.4) is 0 Å². The molecule has 5 heteroatoms. The summed E-state index contributed by atoms with van der Waals surface area (Å²) in [6, 6.07) is 6.27. The quantitative estimate of drug-likeness (QED) is 0.593.